The van der Waals surface area contributed by atoms with E-state index in [1.165, 1.54) is 11.1 Å². The van der Waals surface area contributed by atoms with Crippen LogP contribution in [0.3, 0.4) is 0 Å². The summed E-state index contributed by atoms with van der Waals surface area (Å²) < 4.78 is 0. The summed E-state index contributed by atoms with van der Waals surface area (Å²) in [5.74, 6) is 0. The second-order valence-electron chi connectivity index (χ2n) is 4.96. The van der Waals surface area contributed by atoms with Crippen molar-refractivity contribution in [3.8, 4) is 0 Å². The second kappa shape index (κ2) is 8.03. The molecule has 1 unspecified atom stereocenters. The molecule has 1 aromatic heterocycles. The van der Waals surface area contributed by atoms with Crippen LogP contribution in [0, 0.1) is 0 Å². The number of hydrogen-bond acceptors (Lipinski definition) is 2. The summed E-state index contributed by atoms with van der Waals surface area (Å²) in [6.45, 7) is 3.17. The molecule has 0 radical (unpaired) electrons. The molecule has 0 aliphatic heterocycles. The summed E-state index contributed by atoms with van der Waals surface area (Å²) in [4.78, 5) is 4.14. The van der Waals surface area contributed by atoms with E-state index in [2.05, 4.69) is 35.4 Å². The van der Waals surface area contributed by atoms with E-state index >= 15 is 0 Å². The molecule has 20 heavy (non-hydrogen) atoms. The Labute approximate surface area is 126 Å². The van der Waals surface area contributed by atoms with E-state index in [-0.39, 0.29) is 0 Å². The quantitative estimate of drug-likeness (QED) is 0.816. The lowest BCUT2D eigenvalue weighted by atomic mass is 10.0. The van der Waals surface area contributed by atoms with Crippen LogP contribution in [0.2, 0.25) is 5.02 Å². The van der Waals surface area contributed by atoms with Gasteiger partial charge in [0, 0.05) is 23.5 Å². The molecular weight excluding hydrogens is 268 g/mol. The van der Waals surface area contributed by atoms with Crippen molar-refractivity contribution >= 4 is 11.6 Å². The van der Waals surface area contributed by atoms with Crippen molar-refractivity contribution in [3.05, 3.63) is 64.9 Å². The number of nitrogens with zero attached hydrogens (tertiary/aromatic N) is 1. The maximum Gasteiger partial charge on any atom is 0.0406 e. The fourth-order valence-electron chi connectivity index (χ4n) is 2.31. The highest BCUT2D eigenvalue weighted by molar-refractivity contribution is 6.30. The van der Waals surface area contributed by atoms with Gasteiger partial charge in [0.25, 0.3) is 0 Å². The predicted octanol–water partition coefficient (Wildman–Crippen LogP) is 4.41. The van der Waals surface area contributed by atoms with Gasteiger partial charge in [-0.25, -0.2) is 0 Å². The minimum absolute atomic E-state index is 0.397. The Hall–Kier alpha value is -1.38. The molecule has 0 amide bonds. The molecule has 1 heterocycles. The Morgan fingerprint density at radius 3 is 2.65 bits per heavy atom. The summed E-state index contributed by atoms with van der Waals surface area (Å²) >= 11 is 5.95. The number of rotatable bonds is 7. The molecule has 0 fully saturated rings. The Kier molecular flexibility index (Phi) is 6.03. The van der Waals surface area contributed by atoms with Crippen LogP contribution in [0.4, 0.5) is 0 Å². The number of halogens is 1. The number of hydrogen-bond donors (Lipinski definition) is 1. The van der Waals surface area contributed by atoms with Gasteiger partial charge in [0.1, 0.15) is 0 Å². The van der Waals surface area contributed by atoms with Crippen molar-refractivity contribution in [2.75, 3.05) is 6.54 Å². The van der Waals surface area contributed by atoms with E-state index in [1.807, 2.05) is 30.6 Å². The van der Waals surface area contributed by atoms with Gasteiger partial charge in [0.05, 0.1) is 0 Å². The highest BCUT2D eigenvalue weighted by Gasteiger charge is 2.09. The normalized spacial score (nSPS) is 12.3. The molecule has 0 saturated heterocycles. The average molecular weight is 289 g/mol. The van der Waals surface area contributed by atoms with E-state index in [0.29, 0.717) is 6.04 Å². The highest BCUT2D eigenvalue weighted by atomic mass is 35.5. The van der Waals surface area contributed by atoms with Crippen LogP contribution in [-0.2, 0) is 6.42 Å². The molecule has 0 aliphatic rings. The SMILES string of the molecule is CCCC(NCCc1cccnc1)c1ccc(Cl)cc1. The summed E-state index contributed by atoms with van der Waals surface area (Å²) in [5.41, 5.74) is 2.58. The van der Waals surface area contributed by atoms with Crippen LogP contribution in [0.5, 0.6) is 0 Å². The molecule has 0 aliphatic carbocycles. The van der Waals surface area contributed by atoms with Gasteiger partial charge in [-0.3, -0.25) is 4.98 Å². The number of nitrogens with one attached hydrogen (secondary N) is 1. The largest absolute Gasteiger partial charge is 0.310 e. The zero-order valence-electron chi connectivity index (χ0n) is 11.8. The summed E-state index contributed by atoms with van der Waals surface area (Å²) in [6, 6.07) is 12.6. The lowest BCUT2D eigenvalue weighted by Gasteiger charge is -2.18. The van der Waals surface area contributed by atoms with Gasteiger partial charge < -0.3 is 5.32 Å². The first-order valence-electron chi connectivity index (χ1n) is 7.17. The zero-order valence-corrected chi connectivity index (χ0v) is 12.6. The van der Waals surface area contributed by atoms with Crippen LogP contribution in [-0.4, -0.2) is 11.5 Å². The van der Waals surface area contributed by atoms with Crippen LogP contribution in [0.25, 0.3) is 0 Å². The van der Waals surface area contributed by atoms with Crippen molar-refractivity contribution in [2.45, 2.75) is 32.2 Å². The topological polar surface area (TPSA) is 24.9 Å². The first kappa shape index (κ1) is 15.0. The molecule has 0 spiro atoms. The number of aromatic nitrogens is 1. The minimum Gasteiger partial charge on any atom is -0.310 e. The van der Waals surface area contributed by atoms with Gasteiger partial charge in [0.15, 0.2) is 0 Å². The first-order valence-corrected chi connectivity index (χ1v) is 7.55. The number of pyridine rings is 1. The molecule has 0 bridgehead atoms. The Balaban J connectivity index is 1.90. The van der Waals surface area contributed by atoms with Gasteiger partial charge >= 0.3 is 0 Å². The van der Waals surface area contributed by atoms with Crippen LogP contribution < -0.4 is 5.32 Å². The fourth-order valence-corrected chi connectivity index (χ4v) is 2.43. The van der Waals surface area contributed by atoms with Crippen LogP contribution in [0.1, 0.15) is 36.9 Å². The van der Waals surface area contributed by atoms with E-state index < -0.39 is 0 Å². The third kappa shape index (κ3) is 4.62. The van der Waals surface area contributed by atoms with Gasteiger partial charge in [0.2, 0.25) is 0 Å². The van der Waals surface area contributed by atoms with Gasteiger partial charge in [-0.15, -0.1) is 0 Å². The lowest BCUT2D eigenvalue weighted by molar-refractivity contribution is 0.497. The van der Waals surface area contributed by atoms with Crippen molar-refractivity contribution in [2.24, 2.45) is 0 Å². The van der Waals surface area contributed by atoms with Crippen molar-refractivity contribution < 1.29 is 0 Å². The van der Waals surface area contributed by atoms with Gasteiger partial charge in [-0.2, -0.15) is 0 Å². The molecule has 106 valence electrons. The number of benzene rings is 1. The molecule has 1 N–H and O–H groups in total. The zero-order chi connectivity index (χ0) is 14.2. The maximum absolute atomic E-state index is 5.95. The molecular formula is C17H21ClN2. The van der Waals surface area contributed by atoms with E-state index in [4.69, 9.17) is 11.6 Å². The highest BCUT2D eigenvalue weighted by Crippen LogP contribution is 2.20. The third-order valence-electron chi connectivity index (χ3n) is 3.38. The van der Waals surface area contributed by atoms with E-state index in [1.54, 1.807) is 0 Å². The lowest BCUT2D eigenvalue weighted by Crippen LogP contribution is -2.23. The molecule has 2 rings (SSSR count). The van der Waals surface area contributed by atoms with Crippen LogP contribution in [0.15, 0.2) is 48.8 Å². The van der Waals surface area contributed by atoms with Gasteiger partial charge in [-0.1, -0.05) is 43.1 Å². The molecule has 3 heteroatoms. The molecule has 2 nitrogen and oxygen atoms in total. The minimum atomic E-state index is 0.397. The summed E-state index contributed by atoms with van der Waals surface area (Å²) in [5, 5.41) is 4.43. The summed E-state index contributed by atoms with van der Waals surface area (Å²) in [6.07, 6.45) is 7.03. The Morgan fingerprint density at radius 1 is 1.20 bits per heavy atom. The third-order valence-corrected chi connectivity index (χ3v) is 3.63. The Morgan fingerprint density at radius 2 is 2.00 bits per heavy atom. The Bertz CT molecular complexity index is 496. The predicted molar refractivity (Wildman–Crippen MR) is 85.0 cm³/mol. The van der Waals surface area contributed by atoms with Crippen molar-refractivity contribution in [1.82, 2.24) is 10.3 Å². The standard InChI is InChI=1S/C17H21ClN2/c1-2-4-17(15-6-8-16(18)9-7-15)20-12-10-14-5-3-11-19-13-14/h3,5-9,11,13,17,20H,2,4,10,12H2,1H3. The monoisotopic (exact) mass is 288 g/mol. The second-order valence-corrected chi connectivity index (χ2v) is 5.39. The maximum atomic E-state index is 5.95. The first-order chi connectivity index (χ1) is 9.79. The smallest absolute Gasteiger partial charge is 0.0406 e. The molecule has 1 aromatic carbocycles. The van der Waals surface area contributed by atoms with Crippen LogP contribution >= 0.6 is 11.6 Å². The molecule has 2 aromatic rings. The summed E-state index contributed by atoms with van der Waals surface area (Å²) in [7, 11) is 0. The molecule has 1 atom stereocenters. The van der Waals surface area contributed by atoms with Crippen molar-refractivity contribution in [1.29, 1.82) is 0 Å². The fraction of sp³-hybridized carbons (Fsp3) is 0.353. The van der Waals surface area contributed by atoms with E-state index in [0.717, 1.165) is 30.8 Å². The molecule has 0 saturated carbocycles. The van der Waals surface area contributed by atoms with Gasteiger partial charge in [-0.05, 0) is 48.7 Å². The van der Waals surface area contributed by atoms with E-state index in [9.17, 15) is 0 Å². The van der Waals surface area contributed by atoms with Crippen molar-refractivity contribution in [3.63, 3.8) is 0 Å². The average Bonchev–Trinajstić information content (AvgIpc) is 2.48.